The van der Waals surface area contributed by atoms with Gasteiger partial charge in [-0.15, -0.1) is 0 Å². The van der Waals surface area contributed by atoms with Gasteiger partial charge in [0.25, 0.3) is 21.2 Å². The number of hydrogen-bond acceptors (Lipinski definition) is 4. The molecule has 5 nitrogen and oxygen atoms in total. The minimum Gasteiger partial charge on any atom is -0.258 e. The lowest BCUT2D eigenvalue weighted by Crippen LogP contribution is -2.15. The van der Waals surface area contributed by atoms with Gasteiger partial charge < -0.3 is 0 Å². The first-order valence-corrected chi connectivity index (χ1v) is 6.79. The van der Waals surface area contributed by atoms with Crippen LogP contribution in [0, 0.1) is 10.1 Å². The molecule has 0 saturated heterocycles. The zero-order chi connectivity index (χ0) is 15.9. The van der Waals surface area contributed by atoms with E-state index >= 15 is 0 Å². The van der Waals surface area contributed by atoms with E-state index in [0.29, 0.717) is 0 Å². The summed E-state index contributed by atoms with van der Waals surface area (Å²) in [4.78, 5) is 7.23. The smallest absolute Gasteiger partial charge is 0.258 e. The van der Waals surface area contributed by atoms with Crippen molar-refractivity contribution in [1.82, 2.24) is 0 Å². The maximum Gasteiger partial charge on any atom is 0.424 e. The second-order valence-corrected chi connectivity index (χ2v) is 5.90. The molecule has 0 bridgehead atoms. The number of benzene rings is 1. The van der Waals surface area contributed by atoms with Gasteiger partial charge in [-0.05, 0) is 12.1 Å². The van der Waals surface area contributed by atoms with Crippen molar-refractivity contribution in [3.63, 3.8) is 0 Å². The lowest BCUT2D eigenvalue weighted by atomic mass is 10.1. The minimum absolute atomic E-state index is 0.152. The summed E-state index contributed by atoms with van der Waals surface area (Å²) < 4.78 is 85.4. The summed E-state index contributed by atoms with van der Waals surface area (Å²) in [5.74, 6) is 0. The molecule has 0 aromatic heterocycles. The third-order valence-corrected chi connectivity index (χ3v) is 3.50. The Morgan fingerprint density at radius 3 is 2.05 bits per heavy atom. The molecule has 0 saturated carbocycles. The summed E-state index contributed by atoms with van der Waals surface area (Å²) in [5.41, 5.74) is -5.91. The first-order valence-electron chi connectivity index (χ1n) is 4.48. The first-order chi connectivity index (χ1) is 8.87. The molecule has 0 atom stereocenters. The molecule has 0 amide bonds. The lowest BCUT2D eigenvalue weighted by molar-refractivity contribution is -0.389. The average Bonchev–Trinajstić information content (AvgIpc) is 2.24. The highest BCUT2D eigenvalue weighted by atomic mass is 35.7. The van der Waals surface area contributed by atoms with Gasteiger partial charge in [0.2, 0.25) is 0 Å². The lowest BCUT2D eigenvalue weighted by Gasteiger charge is -2.13. The van der Waals surface area contributed by atoms with Crippen LogP contribution in [0.1, 0.15) is 17.6 Å². The van der Waals surface area contributed by atoms with Gasteiger partial charge in [0.1, 0.15) is 4.90 Å². The second-order valence-electron chi connectivity index (χ2n) is 3.37. The number of hydrogen-bond donors (Lipinski definition) is 0. The molecule has 0 N–H and O–H groups in total. The van der Waals surface area contributed by atoms with Crippen LogP contribution in [0.3, 0.4) is 0 Å². The molecule has 1 rings (SSSR count). The van der Waals surface area contributed by atoms with Crippen molar-refractivity contribution < 1.29 is 35.3 Å². The molecule has 12 heteroatoms. The Kier molecular flexibility index (Phi) is 4.25. The number of halogens is 6. The fraction of sp³-hybridized carbons (Fsp3) is 0.250. The Bertz CT molecular complexity index is 658. The van der Waals surface area contributed by atoms with E-state index in [2.05, 4.69) is 0 Å². The molecular formula is C8H3ClF5NO4S. The maximum absolute atomic E-state index is 12.8. The van der Waals surface area contributed by atoms with Crippen molar-refractivity contribution in [2.45, 2.75) is 17.5 Å². The van der Waals surface area contributed by atoms with Crippen LogP contribution in [-0.4, -0.2) is 13.3 Å². The van der Waals surface area contributed by atoms with Gasteiger partial charge in [0, 0.05) is 10.7 Å². The van der Waals surface area contributed by atoms with Gasteiger partial charge in [0.05, 0.1) is 10.5 Å². The van der Waals surface area contributed by atoms with Crippen LogP contribution >= 0.6 is 10.7 Å². The van der Waals surface area contributed by atoms with Crippen molar-refractivity contribution >= 4 is 25.4 Å². The number of nitro benzene ring substituents is 1. The fourth-order valence-corrected chi connectivity index (χ4v) is 2.51. The van der Waals surface area contributed by atoms with E-state index in [4.69, 9.17) is 10.7 Å². The first kappa shape index (κ1) is 16.6. The largest absolute Gasteiger partial charge is 0.424 e. The summed E-state index contributed by atoms with van der Waals surface area (Å²) >= 11 is 0. The Hall–Kier alpha value is -1.49. The molecule has 20 heavy (non-hydrogen) atoms. The summed E-state index contributed by atoms with van der Waals surface area (Å²) in [7, 11) is -0.272. The minimum atomic E-state index is -5.55. The predicted octanol–water partition coefficient (Wildman–Crippen LogP) is 3.48. The van der Waals surface area contributed by atoms with E-state index in [1.165, 1.54) is 0 Å². The average molecular weight is 340 g/mol. The highest BCUT2D eigenvalue weighted by molar-refractivity contribution is 8.13. The van der Waals surface area contributed by atoms with Gasteiger partial charge in [0.15, 0.2) is 5.56 Å². The standard InChI is InChI=1S/C8H3ClF5NO4S/c9-20(18,19)4-2-1-3(7(10)11)6(15(16)17)5(4)8(12,13)14/h1-2,7H. The Morgan fingerprint density at radius 1 is 1.25 bits per heavy atom. The van der Waals surface area contributed by atoms with E-state index in [-0.39, 0.29) is 12.1 Å². The molecule has 0 spiro atoms. The summed E-state index contributed by atoms with van der Waals surface area (Å²) in [5, 5.41) is 10.6. The van der Waals surface area contributed by atoms with Crippen molar-refractivity contribution in [2.75, 3.05) is 0 Å². The molecule has 1 aromatic rings. The highest BCUT2D eigenvalue weighted by Crippen LogP contribution is 2.45. The normalized spacial score (nSPS) is 12.8. The molecule has 0 unspecified atom stereocenters. The topological polar surface area (TPSA) is 77.3 Å². The van der Waals surface area contributed by atoms with Crippen LogP contribution in [0.2, 0.25) is 0 Å². The number of alkyl halides is 5. The molecule has 0 aliphatic rings. The van der Waals surface area contributed by atoms with Gasteiger partial charge in [-0.2, -0.15) is 13.2 Å². The molecular weight excluding hydrogens is 337 g/mol. The monoisotopic (exact) mass is 339 g/mol. The molecule has 112 valence electrons. The quantitative estimate of drug-likeness (QED) is 0.365. The summed E-state index contributed by atoms with van der Waals surface area (Å²) in [6.07, 6.45) is -9.14. The third-order valence-electron chi connectivity index (χ3n) is 2.13. The SMILES string of the molecule is O=[N+]([O-])c1c(C(F)F)ccc(S(=O)(=O)Cl)c1C(F)(F)F. The van der Waals surface area contributed by atoms with Crippen LogP contribution in [0.25, 0.3) is 0 Å². The van der Waals surface area contributed by atoms with Crippen molar-refractivity contribution in [3.8, 4) is 0 Å². The van der Waals surface area contributed by atoms with Crippen LogP contribution in [0.4, 0.5) is 27.6 Å². The number of nitrogens with zero attached hydrogens (tertiary/aromatic N) is 1. The predicted molar refractivity (Wildman–Crippen MR) is 56.1 cm³/mol. The van der Waals surface area contributed by atoms with Crippen molar-refractivity contribution in [3.05, 3.63) is 33.4 Å². The molecule has 0 heterocycles. The van der Waals surface area contributed by atoms with Gasteiger partial charge in [-0.25, -0.2) is 17.2 Å². The van der Waals surface area contributed by atoms with Crippen LogP contribution in [0.15, 0.2) is 17.0 Å². The van der Waals surface area contributed by atoms with Gasteiger partial charge in [-0.3, -0.25) is 10.1 Å². The summed E-state index contributed by atoms with van der Waals surface area (Å²) in [6, 6.07) is 0.368. The van der Waals surface area contributed by atoms with Crippen molar-refractivity contribution in [1.29, 1.82) is 0 Å². The maximum atomic E-state index is 12.8. The zero-order valence-electron chi connectivity index (χ0n) is 8.99. The van der Waals surface area contributed by atoms with Crippen LogP contribution in [-0.2, 0) is 15.2 Å². The molecule has 0 aliphatic carbocycles. The zero-order valence-corrected chi connectivity index (χ0v) is 10.6. The number of rotatable bonds is 3. The third kappa shape index (κ3) is 3.15. The Balaban J connectivity index is 3.97. The van der Waals surface area contributed by atoms with E-state index in [0.717, 1.165) is 0 Å². The van der Waals surface area contributed by atoms with E-state index in [9.17, 15) is 40.5 Å². The van der Waals surface area contributed by atoms with Gasteiger partial charge in [-0.1, -0.05) is 0 Å². The molecule has 0 fully saturated rings. The van der Waals surface area contributed by atoms with Crippen molar-refractivity contribution in [2.24, 2.45) is 0 Å². The molecule has 0 radical (unpaired) electrons. The van der Waals surface area contributed by atoms with Crippen LogP contribution in [0.5, 0.6) is 0 Å². The highest BCUT2D eigenvalue weighted by Gasteiger charge is 2.46. The Labute approximate surface area is 112 Å². The second kappa shape index (κ2) is 5.13. The fourth-order valence-electron chi connectivity index (χ4n) is 1.44. The van der Waals surface area contributed by atoms with E-state index in [1.807, 2.05) is 0 Å². The Morgan fingerprint density at radius 2 is 1.75 bits per heavy atom. The molecule has 0 aliphatic heterocycles. The van der Waals surface area contributed by atoms with Crippen LogP contribution < -0.4 is 0 Å². The van der Waals surface area contributed by atoms with E-state index < -0.39 is 48.3 Å². The number of nitro groups is 1. The summed E-state index contributed by atoms with van der Waals surface area (Å²) in [6.45, 7) is 0. The van der Waals surface area contributed by atoms with Gasteiger partial charge >= 0.3 is 6.18 Å². The van der Waals surface area contributed by atoms with E-state index in [1.54, 1.807) is 0 Å². The molecule has 1 aromatic carbocycles.